The highest BCUT2D eigenvalue weighted by molar-refractivity contribution is 5.25. The quantitative estimate of drug-likeness (QED) is 0.819. The first-order chi connectivity index (χ1) is 8.10. The summed E-state index contributed by atoms with van der Waals surface area (Å²) in [5, 5.41) is 0. The van der Waals surface area contributed by atoms with Gasteiger partial charge in [0.2, 0.25) is 0 Å². The molecule has 0 radical (unpaired) electrons. The summed E-state index contributed by atoms with van der Waals surface area (Å²) < 4.78 is 0. The highest BCUT2D eigenvalue weighted by atomic mass is 15.2. The van der Waals surface area contributed by atoms with E-state index in [1.165, 1.54) is 24.0 Å². The summed E-state index contributed by atoms with van der Waals surface area (Å²) in [6.07, 6.45) is 2.44. The lowest BCUT2D eigenvalue weighted by atomic mass is 10.0. The molecule has 96 valence electrons. The van der Waals surface area contributed by atoms with Crippen LogP contribution in [0.5, 0.6) is 0 Å². The van der Waals surface area contributed by atoms with Crippen molar-refractivity contribution >= 4 is 0 Å². The molecule has 1 aromatic carbocycles. The van der Waals surface area contributed by atoms with E-state index >= 15 is 0 Å². The molecule has 17 heavy (non-hydrogen) atoms. The zero-order valence-electron chi connectivity index (χ0n) is 11.6. The van der Waals surface area contributed by atoms with E-state index in [1.54, 1.807) is 0 Å². The molecule has 0 aliphatic carbocycles. The largest absolute Gasteiger partial charge is 0.329 e. The fraction of sp³-hybridized carbons (Fsp3) is 0.600. The van der Waals surface area contributed by atoms with Crippen LogP contribution in [0, 0.1) is 6.92 Å². The lowest BCUT2D eigenvalue weighted by Gasteiger charge is -2.33. The lowest BCUT2D eigenvalue weighted by molar-refractivity contribution is 0.180. The van der Waals surface area contributed by atoms with Crippen LogP contribution < -0.4 is 5.73 Å². The second kappa shape index (κ2) is 6.77. The third kappa shape index (κ3) is 3.83. The number of rotatable bonds is 6. The van der Waals surface area contributed by atoms with Crippen LogP contribution in [0.4, 0.5) is 0 Å². The average Bonchev–Trinajstić information content (AvgIpc) is 2.30. The molecule has 0 saturated heterocycles. The third-order valence-corrected chi connectivity index (χ3v) is 3.54. The maximum Gasteiger partial charge on any atom is 0.0470 e. The molecule has 0 amide bonds. The summed E-state index contributed by atoms with van der Waals surface area (Å²) in [4.78, 5) is 2.40. The molecular weight excluding hydrogens is 208 g/mol. The van der Waals surface area contributed by atoms with Crippen molar-refractivity contribution in [1.29, 1.82) is 0 Å². The van der Waals surface area contributed by atoms with Gasteiger partial charge in [0.1, 0.15) is 0 Å². The van der Waals surface area contributed by atoms with Crippen LogP contribution in [0.2, 0.25) is 0 Å². The Bertz CT molecular complexity index is 335. The van der Waals surface area contributed by atoms with Gasteiger partial charge in [-0.2, -0.15) is 0 Å². The molecule has 0 heterocycles. The van der Waals surface area contributed by atoms with Gasteiger partial charge in [-0.1, -0.05) is 43.2 Å². The van der Waals surface area contributed by atoms with E-state index in [9.17, 15) is 0 Å². The molecule has 1 rings (SSSR count). The van der Waals surface area contributed by atoms with Crippen LogP contribution in [-0.2, 0) is 0 Å². The van der Waals surface area contributed by atoms with Gasteiger partial charge in [-0.15, -0.1) is 0 Å². The number of likely N-dealkylation sites (N-methyl/N-ethyl adjacent to an activating group) is 1. The van der Waals surface area contributed by atoms with Crippen LogP contribution in [0.15, 0.2) is 24.3 Å². The molecule has 0 bridgehead atoms. The first-order valence-corrected chi connectivity index (χ1v) is 6.58. The Hall–Kier alpha value is -0.860. The average molecular weight is 234 g/mol. The second-order valence-electron chi connectivity index (χ2n) is 4.97. The molecule has 0 saturated carbocycles. The first kappa shape index (κ1) is 14.2. The van der Waals surface area contributed by atoms with Crippen LogP contribution >= 0.6 is 0 Å². The molecule has 0 aromatic heterocycles. The van der Waals surface area contributed by atoms with E-state index in [2.05, 4.69) is 57.0 Å². The van der Waals surface area contributed by atoms with E-state index in [0.717, 1.165) is 0 Å². The molecule has 0 fully saturated rings. The van der Waals surface area contributed by atoms with Crippen LogP contribution in [-0.4, -0.2) is 24.5 Å². The van der Waals surface area contributed by atoms with Gasteiger partial charge in [0.05, 0.1) is 0 Å². The number of aryl methyl sites for hydroxylation is 1. The van der Waals surface area contributed by atoms with Crippen molar-refractivity contribution in [1.82, 2.24) is 4.90 Å². The Morgan fingerprint density at radius 2 is 2.06 bits per heavy atom. The minimum Gasteiger partial charge on any atom is -0.329 e. The molecule has 2 nitrogen and oxygen atoms in total. The van der Waals surface area contributed by atoms with E-state index in [0.29, 0.717) is 18.6 Å². The number of benzene rings is 1. The van der Waals surface area contributed by atoms with Gasteiger partial charge < -0.3 is 5.73 Å². The Balaban J connectivity index is 2.83. The molecule has 0 spiro atoms. The number of nitrogens with zero attached hydrogens (tertiary/aromatic N) is 1. The Morgan fingerprint density at radius 3 is 2.59 bits per heavy atom. The van der Waals surface area contributed by atoms with Crippen molar-refractivity contribution in [3.05, 3.63) is 35.4 Å². The third-order valence-electron chi connectivity index (χ3n) is 3.54. The van der Waals surface area contributed by atoms with Crippen LogP contribution in [0.3, 0.4) is 0 Å². The van der Waals surface area contributed by atoms with E-state index in [4.69, 9.17) is 5.73 Å². The molecular formula is C15H26N2. The molecule has 1 aromatic rings. The maximum absolute atomic E-state index is 5.95. The maximum atomic E-state index is 5.95. The lowest BCUT2D eigenvalue weighted by Crippen LogP contribution is -2.37. The predicted octanol–water partition coefficient (Wildman–Crippen LogP) is 3.12. The highest BCUT2D eigenvalue weighted by Gasteiger charge is 2.19. The smallest absolute Gasteiger partial charge is 0.0470 e. The molecule has 0 aliphatic heterocycles. The van der Waals surface area contributed by atoms with Gasteiger partial charge >= 0.3 is 0 Å². The van der Waals surface area contributed by atoms with Crippen LogP contribution in [0.25, 0.3) is 0 Å². The molecule has 2 heteroatoms. The normalized spacial score (nSPS) is 14.9. The van der Waals surface area contributed by atoms with Crippen molar-refractivity contribution in [2.45, 2.75) is 45.7 Å². The number of nitrogens with two attached hydrogens (primary N) is 1. The van der Waals surface area contributed by atoms with Crippen molar-refractivity contribution in [2.24, 2.45) is 5.73 Å². The van der Waals surface area contributed by atoms with Crippen molar-refractivity contribution < 1.29 is 0 Å². The van der Waals surface area contributed by atoms with Gasteiger partial charge in [-0.05, 0) is 32.9 Å². The molecule has 2 atom stereocenters. The van der Waals surface area contributed by atoms with E-state index < -0.39 is 0 Å². The molecule has 2 unspecified atom stereocenters. The van der Waals surface area contributed by atoms with Gasteiger partial charge in [0.25, 0.3) is 0 Å². The van der Waals surface area contributed by atoms with E-state index in [1.807, 2.05) is 0 Å². The highest BCUT2D eigenvalue weighted by Crippen LogP contribution is 2.22. The summed E-state index contributed by atoms with van der Waals surface area (Å²) >= 11 is 0. The van der Waals surface area contributed by atoms with E-state index in [-0.39, 0.29) is 0 Å². The number of hydrogen-bond acceptors (Lipinski definition) is 2. The topological polar surface area (TPSA) is 29.3 Å². The van der Waals surface area contributed by atoms with Gasteiger partial charge in [0.15, 0.2) is 0 Å². The van der Waals surface area contributed by atoms with Crippen molar-refractivity contribution in [3.8, 4) is 0 Å². The minimum atomic E-state index is 0.330. The van der Waals surface area contributed by atoms with Crippen molar-refractivity contribution in [2.75, 3.05) is 13.6 Å². The Morgan fingerprint density at radius 1 is 1.35 bits per heavy atom. The van der Waals surface area contributed by atoms with Crippen molar-refractivity contribution in [3.63, 3.8) is 0 Å². The summed E-state index contributed by atoms with van der Waals surface area (Å²) in [5.74, 6) is 0. The number of hydrogen-bond donors (Lipinski definition) is 1. The fourth-order valence-corrected chi connectivity index (χ4v) is 2.34. The Kier molecular flexibility index (Phi) is 5.66. The standard InChI is InChI=1S/C15H26N2/c1-5-7-13(3)17(4)15(11-16)14-9-6-8-12(2)10-14/h6,8-10,13,15H,5,7,11,16H2,1-4H3. The minimum absolute atomic E-state index is 0.330. The zero-order valence-corrected chi connectivity index (χ0v) is 11.6. The predicted molar refractivity (Wildman–Crippen MR) is 75.1 cm³/mol. The van der Waals surface area contributed by atoms with Gasteiger partial charge in [-0.25, -0.2) is 0 Å². The molecule has 0 aliphatic rings. The Labute approximate surface area is 106 Å². The summed E-state index contributed by atoms with van der Waals surface area (Å²) in [7, 11) is 2.18. The monoisotopic (exact) mass is 234 g/mol. The fourth-order valence-electron chi connectivity index (χ4n) is 2.34. The van der Waals surface area contributed by atoms with Crippen LogP contribution in [0.1, 0.15) is 43.9 Å². The molecule has 2 N–H and O–H groups in total. The SMILES string of the molecule is CCCC(C)N(C)C(CN)c1cccc(C)c1. The summed E-state index contributed by atoms with van der Waals surface area (Å²) in [5.41, 5.74) is 8.58. The van der Waals surface area contributed by atoms with Gasteiger partial charge in [-0.3, -0.25) is 4.90 Å². The summed E-state index contributed by atoms with van der Waals surface area (Å²) in [6.45, 7) is 7.32. The second-order valence-corrected chi connectivity index (χ2v) is 4.97. The zero-order chi connectivity index (χ0) is 12.8. The van der Waals surface area contributed by atoms with Gasteiger partial charge in [0, 0.05) is 18.6 Å². The first-order valence-electron chi connectivity index (χ1n) is 6.58. The summed E-state index contributed by atoms with van der Waals surface area (Å²) in [6, 6.07) is 9.58.